The fourth-order valence-electron chi connectivity index (χ4n) is 2.46. The molecule has 0 spiro atoms. The van der Waals surface area contributed by atoms with Crippen LogP contribution in [0.4, 0.5) is 10.5 Å². The standard InChI is InChI=1S/C15H19ClN2O3/c1-2-5-15(6-7-15)9-17-14(21)18-12-8-10(16)3-4-11(12)13(19)20/h3-4,8H,2,5-7,9H2,1H3,(H,19,20)(H2,17,18,21). The van der Waals surface area contributed by atoms with E-state index in [0.717, 1.165) is 25.7 Å². The molecule has 1 aromatic rings. The van der Waals surface area contributed by atoms with E-state index in [1.54, 1.807) is 0 Å². The van der Waals surface area contributed by atoms with Gasteiger partial charge in [0.1, 0.15) is 0 Å². The van der Waals surface area contributed by atoms with Crippen LogP contribution in [0.5, 0.6) is 0 Å². The van der Waals surface area contributed by atoms with E-state index in [1.807, 2.05) is 0 Å². The maximum atomic E-state index is 11.9. The second-order valence-electron chi connectivity index (χ2n) is 5.55. The molecule has 0 atom stereocenters. The minimum atomic E-state index is -1.10. The highest BCUT2D eigenvalue weighted by Gasteiger charge is 2.41. The van der Waals surface area contributed by atoms with Gasteiger partial charge in [-0.05, 0) is 42.9 Å². The van der Waals surface area contributed by atoms with Crippen LogP contribution in [0.1, 0.15) is 43.0 Å². The lowest BCUT2D eigenvalue weighted by molar-refractivity contribution is 0.0698. The molecule has 0 bridgehead atoms. The van der Waals surface area contributed by atoms with Gasteiger partial charge < -0.3 is 15.7 Å². The Bertz CT molecular complexity index is 556. The van der Waals surface area contributed by atoms with E-state index >= 15 is 0 Å². The van der Waals surface area contributed by atoms with Crippen LogP contribution < -0.4 is 10.6 Å². The summed E-state index contributed by atoms with van der Waals surface area (Å²) in [6.07, 6.45) is 4.48. The highest BCUT2D eigenvalue weighted by molar-refractivity contribution is 6.31. The third kappa shape index (κ3) is 4.11. The summed E-state index contributed by atoms with van der Waals surface area (Å²) in [6.45, 7) is 2.75. The first-order valence-corrected chi connectivity index (χ1v) is 7.41. The van der Waals surface area contributed by atoms with Crippen molar-refractivity contribution in [3.8, 4) is 0 Å². The number of carboxylic acids is 1. The van der Waals surface area contributed by atoms with Crippen LogP contribution in [0.3, 0.4) is 0 Å². The van der Waals surface area contributed by atoms with E-state index in [4.69, 9.17) is 16.7 Å². The lowest BCUT2D eigenvalue weighted by atomic mass is 10.0. The maximum Gasteiger partial charge on any atom is 0.337 e. The van der Waals surface area contributed by atoms with Crippen molar-refractivity contribution in [2.75, 3.05) is 11.9 Å². The molecule has 0 aliphatic heterocycles. The third-order valence-electron chi connectivity index (χ3n) is 3.82. The molecule has 0 unspecified atom stereocenters. The molecule has 1 aromatic carbocycles. The summed E-state index contributed by atoms with van der Waals surface area (Å²) in [7, 11) is 0. The first kappa shape index (κ1) is 15.6. The Labute approximate surface area is 128 Å². The number of carboxylic acid groups (broad SMARTS) is 1. The molecule has 0 radical (unpaired) electrons. The van der Waals surface area contributed by atoms with E-state index in [9.17, 15) is 9.59 Å². The Morgan fingerprint density at radius 3 is 2.67 bits per heavy atom. The number of hydrogen-bond acceptors (Lipinski definition) is 2. The monoisotopic (exact) mass is 310 g/mol. The zero-order chi connectivity index (χ0) is 15.5. The molecule has 1 aliphatic carbocycles. The minimum Gasteiger partial charge on any atom is -0.478 e. The fourth-order valence-corrected chi connectivity index (χ4v) is 2.64. The molecule has 1 aliphatic rings. The average Bonchev–Trinajstić information content (AvgIpc) is 3.17. The van der Waals surface area contributed by atoms with Crippen LogP contribution >= 0.6 is 11.6 Å². The van der Waals surface area contributed by atoms with Gasteiger partial charge in [0.05, 0.1) is 11.3 Å². The molecule has 0 heterocycles. The van der Waals surface area contributed by atoms with Crippen LogP contribution in [0.15, 0.2) is 18.2 Å². The van der Waals surface area contributed by atoms with Crippen molar-refractivity contribution in [1.82, 2.24) is 5.32 Å². The minimum absolute atomic E-state index is 0.0178. The van der Waals surface area contributed by atoms with Crippen LogP contribution in [-0.4, -0.2) is 23.7 Å². The number of carbonyl (C=O) groups excluding carboxylic acids is 1. The number of aromatic carboxylic acids is 1. The first-order valence-electron chi connectivity index (χ1n) is 7.03. The van der Waals surface area contributed by atoms with Gasteiger partial charge in [0.15, 0.2) is 0 Å². The number of hydrogen-bond donors (Lipinski definition) is 3. The molecule has 3 N–H and O–H groups in total. The van der Waals surface area contributed by atoms with E-state index < -0.39 is 12.0 Å². The largest absolute Gasteiger partial charge is 0.478 e. The molecule has 5 nitrogen and oxygen atoms in total. The summed E-state index contributed by atoms with van der Waals surface area (Å²) in [5.74, 6) is -1.10. The van der Waals surface area contributed by atoms with Crippen molar-refractivity contribution in [2.45, 2.75) is 32.6 Å². The fraction of sp³-hybridized carbons (Fsp3) is 0.467. The highest BCUT2D eigenvalue weighted by atomic mass is 35.5. The Kier molecular flexibility index (Phi) is 4.73. The maximum absolute atomic E-state index is 11.9. The number of amides is 2. The second kappa shape index (κ2) is 6.35. The Hall–Kier alpha value is -1.75. The van der Waals surface area contributed by atoms with E-state index in [2.05, 4.69) is 17.6 Å². The number of urea groups is 1. The molecule has 1 saturated carbocycles. The lowest BCUT2D eigenvalue weighted by Crippen LogP contribution is -2.34. The summed E-state index contributed by atoms with van der Waals surface area (Å²) < 4.78 is 0. The zero-order valence-corrected chi connectivity index (χ0v) is 12.7. The van der Waals surface area contributed by atoms with Gasteiger partial charge in [0, 0.05) is 11.6 Å². The lowest BCUT2D eigenvalue weighted by Gasteiger charge is -2.16. The van der Waals surface area contributed by atoms with Gasteiger partial charge in [-0.15, -0.1) is 0 Å². The SMILES string of the molecule is CCCC1(CNC(=O)Nc2cc(Cl)ccc2C(=O)O)CC1. The summed E-state index contributed by atoms with van der Waals surface area (Å²) >= 11 is 5.84. The topological polar surface area (TPSA) is 78.4 Å². The summed E-state index contributed by atoms with van der Waals surface area (Å²) in [4.78, 5) is 23.0. The quantitative estimate of drug-likeness (QED) is 0.749. The number of benzene rings is 1. The van der Waals surface area contributed by atoms with Gasteiger partial charge >= 0.3 is 12.0 Å². The van der Waals surface area contributed by atoms with Crippen molar-refractivity contribution in [3.63, 3.8) is 0 Å². The van der Waals surface area contributed by atoms with Crippen molar-refractivity contribution >= 4 is 29.3 Å². The second-order valence-corrected chi connectivity index (χ2v) is 5.99. The van der Waals surface area contributed by atoms with Crippen molar-refractivity contribution in [1.29, 1.82) is 0 Å². The molecule has 6 heteroatoms. The predicted octanol–water partition coefficient (Wildman–Crippen LogP) is 3.74. The Balaban J connectivity index is 1.96. The Morgan fingerprint density at radius 1 is 1.38 bits per heavy atom. The smallest absolute Gasteiger partial charge is 0.337 e. The predicted molar refractivity (Wildman–Crippen MR) is 82.0 cm³/mol. The van der Waals surface area contributed by atoms with Gasteiger partial charge in [-0.25, -0.2) is 9.59 Å². The molecule has 0 saturated heterocycles. The van der Waals surface area contributed by atoms with E-state index in [0.29, 0.717) is 11.6 Å². The molecule has 2 rings (SSSR count). The highest BCUT2D eigenvalue weighted by Crippen LogP contribution is 2.48. The van der Waals surface area contributed by atoms with Crippen LogP contribution in [-0.2, 0) is 0 Å². The van der Waals surface area contributed by atoms with Crippen molar-refractivity contribution in [3.05, 3.63) is 28.8 Å². The summed E-state index contributed by atoms with van der Waals surface area (Å²) in [5.41, 5.74) is 0.466. The van der Waals surface area contributed by atoms with Gasteiger partial charge in [-0.1, -0.05) is 24.9 Å². The zero-order valence-electron chi connectivity index (χ0n) is 11.9. The molecular weight excluding hydrogens is 292 g/mol. The molecule has 21 heavy (non-hydrogen) atoms. The van der Waals surface area contributed by atoms with Gasteiger partial charge in [-0.3, -0.25) is 0 Å². The Morgan fingerprint density at radius 2 is 2.10 bits per heavy atom. The number of rotatable bonds is 6. The van der Waals surface area contributed by atoms with E-state index in [-0.39, 0.29) is 16.7 Å². The van der Waals surface area contributed by atoms with Gasteiger partial charge in [-0.2, -0.15) is 0 Å². The summed E-state index contributed by atoms with van der Waals surface area (Å²) in [6, 6.07) is 3.89. The van der Waals surface area contributed by atoms with Crippen LogP contribution in [0, 0.1) is 5.41 Å². The number of halogens is 1. The number of nitrogens with one attached hydrogen (secondary N) is 2. The van der Waals surface area contributed by atoms with Crippen LogP contribution in [0.2, 0.25) is 5.02 Å². The summed E-state index contributed by atoms with van der Waals surface area (Å²) in [5, 5.41) is 14.8. The number of carbonyl (C=O) groups is 2. The van der Waals surface area contributed by atoms with Crippen molar-refractivity contribution < 1.29 is 14.7 Å². The van der Waals surface area contributed by atoms with Crippen molar-refractivity contribution in [2.24, 2.45) is 5.41 Å². The third-order valence-corrected chi connectivity index (χ3v) is 4.06. The van der Waals surface area contributed by atoms with Gasteiger partial charge in [0.25, 0.3) is 0 Å². The first-order chi connectivity index (χ1) is 9.96. The van der Waals surface area contributed by atoms with Gasteiger partial charge in [0.2, 0.25) is 0 Å². The molecule has 0 aromatic heterocycles. The molecule has 2 amide bonds. The molecule has 114 valence electrons. The normalized spacial score (nSPS) is 15.3. The van der Waals surface area contributed by atoms with Crippen LogP contribution in [0.25, 0.3) is 0 Å². The molecule has 1 fully saturated rings. The molecular formula is C15H19ClN2O3. The van der Waals surface area contributed by atoms with E-state index in [1.165, 1.54) is 18.2 Å². The average molecular weight is 311 g/mol. The number of anilines is 1.